The van der Waals surface area contributed by atoms with E-state index in [2.05, 4.69) is 29.3 Å². The van der Waals surface area contributed by atoms with Crippen molar-refractivity contribution in [2.45, 2.75) is 13.2 Å². The number of rotatable bonds is 9. The molecule has 1 aromatic carbocycles. The quantitative estimate of drug-likeness (QED) is 0.705. The van der Waals surface area contributed by atoms with E-state index in [1.54, 1.807) is 19.5 Å². The summed E-state index contributed by atoms with van der Waals surface area (Å²) in [7, 11) is 5.72. The van der Waals surface area contributed by atoms with Gasteiger partial charge in [-0.25, -0.2) is 0 Å². The minimum Gasteiger partial charge on any atom is -0.493 e. The molecule has 1 aromatic heterocycles. The van der Waals surface area contributed by atoms with Gasteiger partial charge in [0.25, 0.3) is 0 Å². The Bertz CT molecular complexity index is 636. The van der Waals surface area contributed by atoms with E-state index in [4.69, 9.17) is 21.1 Å². The van der Waals surface area contributed by atoms with Gasteiger partial charge in [-0.15, -0.1) is 0 Å². The third kappa shape index (κ3) is 5.67. The number of nitrogens with zero attached hydrogens (tertiary/aromatic N) is 2. The van der Waals surface area contributed by atoms with Gasteiger partial charge in [-0.1, -0.05) is 17.7 Å². The van der Waals surface area contributed by atoms with Crippen LogP contribution in [-0.4, -0.2) is 44.2 Å². The third-order valence-corrected chi connectivity index (χ3v) is 3.74. The number of nitrogens with one attached hydrogen (secondary N) is 1. The van der Waals surface area contributed by atoms with Crippen molar-refractivity contribution in [3.8, 4) is 11.5 Å². The molecule has 6 heteroatoms. The Kier molecular flexibility index (Phi) is 7.31. The van der Waals surface area contributed by atoms with Gasteiger partial charge in [-0.05, 0) is 37.9 Å². The van der Waals surface area contributed by atoms with Crippen LogP contribution in [0.15, 0.2) is 36.7 Å². The van der Waals surface area contributed by atoms with Gasteiger partial charge < -0.3 is 19.7 Å². The van der Waals surface area contributed by atoms with E-state index in [9.17, 15) is 0 Å². The Labute approximate surface area is 148 Å². The van der Waals surface area contributed by atoms with Crippen LogP contribution in [0.5, 0.6) is 11.5 Å². The van der Waals surface area contributed by atoms with E-state index in [0.29, 0.717) is 23.1 Å². The molecule has 0 amide bonds. The lowest BCUT2D eigenvalue weighted by molar-refractivity contribution is 0.284. The summed E-state index contributed by atoms with van der Waals surface area (Å²) in [6.45, 7) is 3.01. The molecule has 5 nitrogen and oxygen atoms in total. The lowest BCUT2D eigenvalue weighted by Crippen LogP contribution is -2.26. The Morgan fingerprint density at radius 3 is 2.75 bits per heavy atom. The molecule has 2 rings (SSSR count). The first-order valence-corrected chi connectivity index (χ1v) is 8.21. The molecule has 0 radical (unpaired) electrons. The SMILES string of the molecule is COc1cc(CNCCN(C)C)cc(Cl)c1OCc1cccnc1. The van der Waals surface area contributed by atoms with Crippen LogP contribution in [0.4, 0.5) is 0 Å². The molecule has 0 aliphatic rings. The van der Waals surface area contributed by atoms with Crippen molar-refractivity contribution in [2.24, 2.45) is 0 Å². The molecule has 0 aliphatic carbocycles. The highest BCUT2D eigenvalue weighted by Crippen LogP contribution is 2.36. The van der Waals surface area contributed by atoms with Gasteiger partial charge >= 0.3 is 0 Å². The van der Waals surface area contributed by atoms with Crippen LogP contribution in [0.3, 0.4) is 0 Å². The highest BCUT2D eigenvalue weighted by molar-refractivity contribution is 6.32. The van der Waals surface area contributed by atoms with E-state index >= 15 is 0 Å². The molecule has 1 N–H and O–H groups in total. The highest BCUT2D eigenvalue weighted by atomic mass is 35.5. The highest BCUT2D eigenvalue weighted by Gasteiger charge is 2.12. The maximum absolute atomic E-state index is 6.39. The van der Waals surface area contributed by atoms with Crippen molar-refractivity contribution in [1.82, 2.24) is 15.2 Å². The maximum atomic E-state index is 6.39. The van der Waals surface area contributed by atoms with Crippen LogP contribution < -0.4 is 14.8 Å². The van der Waals surface area contributed by atoms with Crippen LogP contribution in [0.1, 0.15) is 11.1 Å². The molecule has 1 heterocycles. The Morgan fingerprint density at radius 2 is 2.08 bits per heavy atom. The summed E-state index contributed by atoms with van der Waals surface area (Å²) in [6, 6.07) is 7.69. The fourth-order valence-corrected chi connectivity index (χ4v) is 2.48. The lowest BCUT2D eigenvalue weighted by Gasteiger charge is -2.15. The van der Waals surface area contributed by atoms with E-state index in [0.717, 1.165) is 30.8 Å². The van der Waals surface area contributed by atoms with Crippen molar-refractivity contribution >= 4 is 11.6 Å². The average molecular weight is 350 g/mol. The maximum Gasteiger partial charge on any atom is 0.180 e. The summed E-state index contributed by atoms with van der Waals surface area (Å²) in [4.78, 5) is 6.21. The second-order valence-electron chi connectivity index (χ2n) is 5.74. The number of hydrogen-bond donors (Lipinski definition) is 1. The summed E-state index contributed by atoms with van der Waals surface area (Å²) in [5, 5.41) is 3.93. The summed E-state index contributed by atoms with van der Waals surface area (Å²) in [6.07, 6.45) is 3.50. The molecular formula is C18H24ClN3O2. The molecule has 0 spiro atoms. The second kappa shape index (κ2) is 9.47. The van der Waals surface area contributed by atoms with Crippen LogP contribution in [0.2, 0.25) is 5.02 Å². The zero-order valence-corrected chi connectivity index (χ0v) is 15.1. The van der Waals surface area contributed by atoms with Gasteiger partial charge in [0.2, 0.25) is 0 Å². The van der Waals surface area contributed by atoms with Gasteiger partial charge in [0.15, 0.2) is 11.5 Å². The van der Waals surface area contributed by atoms with E-state index < -0.39 is 0 Å². The van der Waals surface area contributed by atoms with E-state index in [1.165, 1.54) is 0 Å². The van der Waals surface area contributed by atoms with Crippen molar-refractivity contribution < 1.29 is 9.47 Å². The fraction of sp³-hybridized carbons (Fsp3) is 0.389. The standard InChI is InChI=1S/C18H24ClN3O2/c1-22(2)8-7-21-12-15-9-16(19)18(17(10-15)23-3)24-13-14-5-4-6-20-11-14/h4-6,9-11,21H,7-8,12-13H2,1-3H3. The van der Waals surface area contributed by atoms with Crippen molar-refractivity contribution in [3.05, 3.63) is 52.8 Å². The predicted octanol–water partition coefficient (Wildman–Crippen LogP) is 2.97. The van der Waals surface area contributed by atoms with Crippen LogP contribution >= 0.6 is 11.6 Å². The molecule has 0 unspecified atom stereocenters. The number of methoxy groups -OCH3 is 1. The van der Waals surface area contributed by atoms with E-state index in [1.807, 2.05) is 24.3 Å². The molecule has 0 fully saturated rings. The van der Waals surface area contributed by atoms with Crippen LogP contribution in [-0.2, 0) is 13.2 Å². The Balaban J connectivity index is 2.01. The number of likely N-dealkylation sites (N-methyl/N-ethyl adjacent to an activating group) is 1. The number of benzene rings is 1. The molecule has 0 atom stereocenters. The third-order valence-electron chi connectivity index (χ3n) is 3.46. The normalized spacial score (nSPS) is 10.9. The van der Waals surface area contributed by atoms with Crippen LogP contribution in [0.25, 0.3) is 0 Å². The number of hydrogen-bond acceptors (Lipinski definition) is 5. The van der Waals surface area contributed by atoms with E-state index in [-0.39, 0.29) is 0 Å². The Morgan fingerprint density at radius 1 is 1.25 bits per heavy atom. The van der Waals surface area contributed by atoms with Crippen molar-refractivity contribution in [3.63, 3.8) is 0 Å². The number of halogens is 1. The van der Waals surface area contributed by atoms with Crippen molar-refractivity contribution in [2.75, 3.05) is 34.3 Å². The minimum absolute atomic E-state index is 0.393. The summed E-state index contributed by atoms with van der Waals surface area (Å²) in [5.74, 6) is 1.19. The first-order chi connectivity index (χ1) is 11.6. The smallest absolute Gasteiger partial charge is 0.180 e. The molecular weight excluding hydrogens is 326 g/mol. The largest absolute Gasteiger partial charge is 0.493 e. The van der Waals surface area contributed by atoms with Gasteiger partial charge in [0.1, 0.15) is 6.61 Å². The molecule has 130 valence electrons. The molecule has 0 aliphatic heterocycles. The molecule has 24 heavy (non-hydrogen) atoms. The Hall–Kier alpha value is -1.82. The van der Waals surface area contributed by atoms with Gasteiger partial charge in [0.05, 0.1) is 12.1 Å². The van der Waals surface area contributed by atoms with Gasteiger partial charge in [-0.2, -0.15) is 0 Å². The molecule has 0 saturated heterocycles. The monoisotopic (exact) mass is 349 g/mol. The summed E-state index contributed by atoms with van der Waals surface area (Å²) in [5.41, 5.74) is 2.04. The zero-order chi connectivity index (χ0) is 17.4. The van der Waals surface area contributed by atoms with Gasteiger partial charge in [-0.3, -0.25) is 4.98 Å². The van der Waals surface area contributed by atoms with Crippen molar-refractivity contribution in [1.29, 1.82) is 0 Å². The average Bonchev–Trinajstić information content (AvgIpc) is 2.58. The second-order valence-corrected chi connectivity index (χ2v) is 6.15. The number of pyridine rings is 1. The molecule has 0 saturated carbocycles. The van der Waals surface area contributed by atoms with Crippen LogP contribution in [0, 0.1) is 0 Å². The summed E-state index contributed by atoms with van der Waals surface area (Å²) >= 11 is 6.39. The minimum atomic E-state index is 0.393. The molecule has 2 aromatic rings. The lowest BCUT2D eigenvalue weighted by atomic mass is 10.2. The first-order valence-electron chi connectivity index (χ1n) is 7.83. The fourth-order valence-electron chi connectivity index (χ4n) is 2.19. The topological polar surface area (TPSA) is 46.6 Å². The summed E-state index contributed by atoms with van der Waals surface area (Å²) < 4.78 is 11.3. The number of ether oxygens (including phenoxy) is 2. The van der Waals surface area contributed by atoms with Gasteiger partial charge in [0, 0.05) is 37.6 Å². The first kappa shape index (κ1) is 18.5. The predicted molar refractivity (Wildman–Crippen MR) is 96.8 cm³/mol. The number of aromatic nitrogens is 1. The molecule has 0 bridgehead atoms. The zero-order valence-electron chi connectivity index (χ0n) is 14.4.